The summed E-state index contributed by atoms with van der Waals surface area (Å²) in [5.41, 5.74) is 1.82. The monoisotopic (exact) mass is 403 g/mol. The van der Waals surface area contributed by atoms with Crippen LogP contribution in [0.25, 0.3) is 0 Å². The Morgan fingerprint density at radius 1 is 0.800 bits per heavy atom. The lowest BCUT2D eigenvalue weighted by Crippen LogP contribution is -2.45. The van der Waals surface area contributed by atoms with Crippen molar-refractivity contribution in [2.45, 2.75) is 18.9 Å². The van der Waals surface area contributed by atoms with E-state index < -0.39 is 29.8 Å². The maximum Gasteiger partial charge on any atom is 0.327 e. The van der Waals surface area contributed by atoms with E-state index in [1.807, 2.05) is 60.7 Å². The molecule has 3 aromatic rings. The van der Waals surface area contributed by atoms with Gasteiger partial charge in [-0.3, -0.25) is 9.59 Å². The molecule has 30 heavy (non-hydrogen) atoms. The van der Waals surface area contributed by atoms with E-state index in [2.05, 4.69) is 5.32 Å². The number of hydrogen-bond acceptors (Lipinski definition) is 4. The summed E-state index contributed by atoms with van der Waals surface area (Å²) >= 11 is 0. The largest absolute Gasteiger partial charge is 0.480 e. The third kappa shape index (κ3) is 5.11. The second kappa shape index (κ2) is 9.52. The molecular weight excluding hydrogens is 382 g/mol. The van der Waals surface area contributed by atoms with Crippen molar-refractivity contribution in [3.8, 4) is 5.75 Å². The highest BCUT2D eigenvalue weighted by Crippen LogP contribution is 2.28. The van der Waals surface area contributed by atoms with Crippen LogP contribution in [-0.4, -0.2) is 29.0 Å². The van der Waals surface area contributed by atoms with Crippen LogP contribution >= 0.6 is 0 Å². The van der Waals surface area contributed by atoms with Crippen LogP contribution in [0.15, 0.2) is 84.9 Å². The van der Waals surface area contributed by atoms with Gasteiger partial charge >= 0.3 is 11.9 Å². The summed E-state index contributed by atoms with van der Waals surface area (Å²) in [7, 11) is 0. The lowest BCUT2D eigenvalue weighted by Gasteiger charge is -2.26. The van der Waals surface area contributed by atoms with Crippen LogP contribution in [0, 0.1) is 0 Å². The molecule has 1 atom stereocenters. The van der Waals surface area contributed by atoms with E-state index in [9.17, 15) is 19.5 Å². The van der Waals surface area contributed by atoms with Gasteiger partial charge in [-0.25, -0.2) is 4.79 Å². The van der Waals surface area contributed by atoms with Crippen molar-refractivity contribution in [1.82, 2.24) is 5.32 Å². The van der Waals surface area contributed by atoms with Crippen LogP contribution in [0.2, 0.25) is 0 Å². The zero-order chi connectivity index (χ0) is 21.5. The summed E-state index contributed by atoms with van der Waals surface area (Å²) in [5, 5.41) is 12.6. The van der Waals surface area contributed by atoms with E-state index in [1.165, 1.54) is 31.2 Å². The van der Waals surface area contributed by atoms with E-state index in [-0.39, 0.29) is 5.56 Å². The van der Waals surface area contributed by atoms with E-state index in [0.29, 0.717) is 5.75 Å². The van der Waals surface area contributed by atoms with E-state index in [1.54, 1.807) is 0 Å². The van der Waals surface area contributed by atoms with Gasteiger partial charge in [0.15, 0.2) is 0 Å². The molecule has 0 aliphatic carbocycles. The number of nitrogens with one attached hydrogen (secondary N) is 1. The molecule has 152 valence electrons. The molecule has 1 amide bonds. The molecule has 3 aromatic carbocycles. The first-order valence-corrected chi connectivity index (χ1v) is 9.37. The molecular formula is C24H21NO5. The number of ether oxygens (including phenoxy) is 1. The Kier molecular flexibility index (Phi) is 6.60. The number of carbonyl (C=O) groups is 3. The molecule has 6 nitrogen and oxygen atoms in total. The van der Waals surface area contributed by atoms with Crippen LogP contribution in [0.1, 0.15) is 34.3 Å². The van der Waals surface area contributed by atoms with Gasteiger partial charge < -0.3 is 15.2 Å². The number of carbonyl (C=O) groups excluding carboxylic acids is 2. The van der Waals surface area contributed by atoms with Gasteiger partial charge in [0.25, 0.3) is 5.91 Å². The van der Waals surface area contributed by atoms with E-state index >= 15 is 0 Å². The lowest BCUT2D eigenvalue weighted by molar-refractivity contribution is -0.139. The molecule has 0 fully saturated rings. The smallest absolute Gasteiger partial charge is 0.327 e. The highest BCUT2D eigenvalue weighted by Gasteiger charge is 2.32. The predicted molar refractivity (Wildman–Crippen MR) is 111 cm³/mol. The number of rotatable bonds is 7. The van der Waals surface area contributed by atoms with Gasteiger partial charge in [0.05, 0.1) is 0 Å². The number of benzene rings is 3. The third-order valence-electron chi connectivity index (χ3n) is 4.58. The average molecular weight is 403 g/mol. The van der Waals surface area contributed by atoms with Crippen molar-refractivity contribution in [2.24, 2.45) is 0 Å². The van der Waals surface area contributed by atoms with Gasteiger partial charge in [-0.15, -0.1) is 0 Å². The molecule has 6 heteroatoms. The zero-order valence-electron chi connectivity index (χ0n) is 16.3. The van der Waals surface area contributed by atoms with Crippen molar-refractivity contribution in [1.29, 1.82) is 0 Å². The van der Waals surface area contributed by atoms with Crippen LogP contribution in [0.5, 0.6) is 5.75 Å². The molecule has 0 unspecified atom stereocenters. The fraction of sp³-hybridized carbons (Fsp3) is 0.125. The minimum atomic E-state index is -1.18. The molecule has 0 spiro atoms. The first kappa shape index (κ1) is 20.8. The summed E-state index contributed by atoms with van der Waals surface area (Å²) in [5.74, 6) is -2.41. The minimum Gasteiger partial charge on any atom is -0.480 e. The Labute approximate surface area is 174 Å². The van der Waals surface area contributed by atoms with Gasteiger partial charge in [0, 0.05) is 18.4 Å². The normalized spacial score (nSPS) is 11.5. The number of aliphatic carboxylic acids is 1. The Morgan fingerprint density at radius 3 is 1.73 bits per heavy atom. The third-order valence-corrected chi connectivity index (χ3v) is 4.58. The molecule has 0 aliphatic heterocycles. The van der Waals surface area contributed by atoms with Crippen molar-refractivity contribution < 1.29 is 24.2 Å². The first-order chi connectivity index (χ1) is 14.5. The number of carboxylic acid groups (broad SMARTS) is 1. The standard InChI is InChI=1S/C24H21NO5/c1-16(26)30-20-14-12-19(13-15-20)23(27)25-22(24(28)29)21(17-8-4-2-5-9-17)18-10-6-3-7-11-18/h2-15,21-22H,1H3,(H,25,27)(H,28,29)/t22-/m0/s1. The maximum absolute atomic E-state index is 12.8. The van der Waals surface area contributed by atoms with Crippen molar-refractivity contribution in [2.75, 3.05) is 0 Å². The molecule has 0 saturated carbocycles. The maximum atomic E-state index is 12.8. The van der Waals surface area contributed by atoms with Crippen molar-refractivity contribution in [3.05, 3.63) is 102 Å². The molecule has 2 N–H and O–H groups in total. The van der Waals surface area contributed by atoms with E-state index in [0.717, 1.165) is 11.1 Å². The van der Waals surface area contributed by atoms with Crippen molar-refractivity contribution in [3.63, 3.8) is 0 Å². The molecule has 0 saturated heterocycles. The zero-order valence-corrected chi connectivity index (χ0v) is 16.3. The number of hydrogen-bond donors (Lipinski definition) is 2. The van der Waals surface area contributed by atoms with Crippen LogP contribution in [-0.2, 0) is 9.59 Å². The Hall–Kier alpha value is -3.93. The summed E-state index contributed by atoms with van der Waals surface area (Å²) in [6.07, 6.45) is 0. The Bertz CT molecular complexity index is 977. The molecule has 0 radical (unpaired) electrons. The number of esters is 1. The summed E-state index contributed by atoms with van der Waals surface area (Å²) in [6, 6.07) is 23.1. The van der Waals surface area contributed by atoms with Gasteiger partial charge in [-0.2, -0.15) is 0 Å². The molecule has 3 rings (SSSR count). The molecule has 0 heterocycles. The minimum absolute atomic E-state index is 0.261. The second-order valence-electron chi connectivity index (χ2n) is 6.71. The Morgan fingerprint density at radius 2 is 1.30 bits per heavy atom. The fourth-order valence-corrected chi connectivity index (χ4v) is 3.25. The van der Waals surface area contributed by atoms with E-state index in [4.69, 9.17) is 4.74 Å². The highest BCUT2D eigenvalue weighted by molar-refractivity contribution is 5.97. The van der Waals surface area contributed by atoms with Gasteiger partial charge in [-0.05, 0) is 35.4 Å². The SMILES string of the molecule is CC(=O)Oc1ccc(C(=O)N[C@H](C(=O)O)C(c2ccccc2)c2ccccc2)cc1. The van der Waals surface area contributed by atoms with Gasteiger partial charge in [0.1, 0.15) is 11.8 Å². The van der Waals surface area contributed by atoms with Gasteiger partial charge in [0.2, 0.25) is 0 Å². The predicted octanol–water partition coefficient (Wildman–Crippen LogP) is 3.63. The van der Waals surface area contributed by atoms with Gasteiger partial charge in [-0.1, -0.05) is 60.7 Å². The molecule has 0 bridgehead atoms. The number of amides is 1. The topological polar surface area (TPSA) is 92.7 Å². The molecule has 0 aromatic heterocycles. The highest BCUT2D eigenvalue weighted by atomic mass is 16.5. The average Bonchev–Trinajstić information content (AvgIpc) is 2.74. The Balaban J connectivity index is 1.90. The summed E-state index contributed by atoms with van der Waals surface area (Å²) in [6.45, 7) is 1.28. The summed E-state index contributed by atoms with van der Waals surface area (Å²) in [4.78, 5) is 36.0. The lowest BCUT2D eigenvalue weighted by atomic mass is 9.85. The van der Waals surface area contributed by atoms with Crippen LogP contribution < -0.4 is 10.1 Å². The van der Waals surface area contributed by atoms with Crippen LogP contribution in [0.4, 0.5) is 0 Å². The number of carboxylic acids is 1. The summed E-state index contributed by atoms with van der Waals surface area (Å²) < 4.78 is 4.96. The van der Waals surface area contributed by atoms with Crippen molar-refractivity contribution >= 4 is 17.8 Å². The first-order valence-electron chi connectivity index (χ1n) is 9.37. The molecule has 0 aliphatic rings. The fourth-order valence-electron chi connectivity index (χ4n) is 3.25. The second-order valence-corrected chi connectivity index (χ2v) is 6.71. The quantitative estimate of drug-likeness (QED) is 0.464. The van der Waals surface area contributed by atoms with Crippen LogP contribution in [0.3, 0.4) is 0 Å².